The van der Waals surface area contributed by atoms with Crippen molar-refractivity contribution in [2.24, 2.45) is 0 Å². The van der Waals surface area contributed by atoms with Gasteiger partial charge in [0.15, 0.2) is 0 Å². The van der Waals surface area contributed by atoms with Crippen LogP contribution in [-0.4, -0.2) is 41.9 Å². The van der Waals surface area contributed by atoms with E-state index in [1.54, 1.807) is 13.2 Å². The molecule has 2 N–H and O–H groups in total. The zero-order valence-electron chi connectivity index (χ0n) is 12.6. The molecule has 0 atom stereocenters. The molecule has 20 heavy (non-hydrogen) atoms. The van der Waals surface area contributed by atoms with E-state index < -0.39 is 11.7 Å². The fourth-order valence-corrected chi connectivity index (χ4v) is 1.38. The average molecular weight is 282 g/mol. The summed E-state index contributed by atoms with van der Waals surface area (Å²) < 4.78 is 10.2. The second-order valence-corrected chi connectivity index (χ2v) is 5.23. The number of alkyl carbamates (subject to hydrolysis) is 1. The molecular formula is C13H22N4O3. The number of aromatic nitrogens is 2. The molecule has 112 valence electrons. The second kappa shape index (κ2) is 6.93. The van der Waals surface area contributed by atoms with E-state index in [0.29, 0.717) is 24.9 Å². The van der Waals surface area contributed by atoms with E-state index in [9.17, 15) is 4.79 Å². The van der Waals surface area contributed by atoms with Crippen LogP contribution in [0.4, 0.5) is 10.7 Å². The maximum absolute atomic E-state index is 11.4. The quantitative estimate of drug-likeness (QED) is 0.800. The smallest absolute Gasteiger partial charge is 0.407 e. The van der Waals surface area contributed by atoms with Crippen molar-refractivity contribution in [3.63, 3.8) is 0 Å². The minimum absolute atomic E-state index is 0.411. The lowest BCUT2D eigenvalue weighted by atomic mass is 10.2. The van der Waals surface area contributed by atoms with Gasteiger partial charge in [-0.1, -0.05) is 0 Å². The molecule has 0 unspecified atom stereocenters. The predicted molar refractivity (Wildman–Crippen MR) is 76.0 cm³/mol. The molecule has 7 heteroatoms. The Bertz CT molecular complexity index is 457. The molecule has 1 aromatic rings. The summed E-state index contributed by atoms with van der Waals surface area (Å²) in [5.74, 6) is 0.966. The Morgan fingerprint density at radius 2 is 2.00 bits per heavy atom. The molecule has 0 aromatic carbocycles. The van der Waals surface area contributed by atoms with Crippen molar-refractivity contribution in [3.05, 3.63) is 11.8 Å². The van der Waals surface area contributed by atoms with E-state index in [0.717, 1.165) is 5.69 Å². The van der Waals surface area contributed by atoms with Crippen LogP contribution in [0.1, 0.15) is 26.5 Å². The van der Waals surface area contributed by atoms with Gasteiger partial charge in [-0.25, -0.2) is 9.78 Å². The van der Waals surface area contributed by atoms with Gasteiger partial charge in [-0.3, -0.25) is 0 Å². The molecule has 0 radical (unpaired) electrons. The summed E-state index contributed by atoms with van der Waals surface area (Å²) in [6.07, 6.45) is -0.443. The maximum Gasteiger partial charge on any atom is 0.407 e. The van der Waals surface area contributed by atoms with Crippen LogP contribution in [0.3, 0.4) is 0 Å². The zero-order valence-corrected chi connectivity index (χ0v) is 12.6. The first-order chi connectivity index (χ1) is 9.30. The number of aryl methyl sites for hydroxylation is 1. The molecule has 0 fully saturated rings. The van der Waals surface area contributed by atoms with Crippen LogP contribution in [0.15, 0.2) is 6.07 Å². The third kappa shape index (κ3) is 6.21. The van der Waals surface area contributed by atoms with E-state index in [2.05, 4.69) is 20.6 Å². The fourth-order valence-electron chi connectivity index (χ4n) is 1.38. The number of hydrogen-bond acceptors (Lipinski definition) is 6. The van der Waals surface area contributed by atoms with Gasteiger partial charge in [0.05, 0.1) is 7.11 Å². The number of rotatable bonds is 5. The summed E-state index contributed by atoms with van der Waals surface area (Å²) in [6, 6.07) is 1.74. The number of ether oxygens (including phenoxy) is 2. The van der Waals surface area contributed by atoms with Crippen LogP contribution in [0, 0.1) is 6.92 Å². The van der Waals surface area contributed by atoms with Crippen LogP contribution in [0.25, 0.3) is 0 Å². The number of hydrogen-bond donors (Lipinski definition) is 2. The lowest BCUT2D eigenvalue weighted by Crippen LogP contribution is -2.35. The molecule has 1 aromatic heterocycles. The molecule has 0 aliphatic heterocycles. The summed E-state index contributed by atoms with van der Waals surface area (Å²) in [5, 5.41) is 5.65. The highest BCUT2D eigenvalue weighted by atomic mass is 16.6. The van der Waals surface area contributed by atoms with Gasteiger partial charge < -0.3 is 20.1 Å². The molecule has 1 rings (SSSR count). The summed E-state index contributed by atoms with van der Waals surface area (Å²) in [5.41, 5.74) is 0.310. The number of amides is 1. The Labute approximate surface area is 119 Å². The van der Waals surface area contributed by atoms with Gasteiger partial charge in [-0.05, 0) is 27.7 Å². The number of nitrogens with zero attached hydrogens (tertiary/aromatic N) is 2. The first-order valence-electron chi connectivity index (χ1n) is 6.40. The standard InChI is InChI=1S/C13H22N4O3/c1-9-8-10(19-5)17-11(16-9)14-6-7-15-12(18)20-13(2,3)4/h8H,6-7H2,1-5H3,(H,15,18)(H,14,16,17). The van der Waals surface area contributed by atoms with Crippen LogP contribution in [0.2, 0.25) is 0 Å². The van der Waals surface area contributed by atoms with Crippen molar-refractivity contribution in [1.82, 2.24) is 15.3 Å². The average Bonchev–Trinajstić information content (AvgIpc) is 2.32. The summed E-state index contributed by atoms with van der Waals surface area (Å²) in [4.78, 5) is 19.8. The van der Waals surface area contributed by atoms with E-state index in [1.807, 2.05) is 27.7 Å². The molecule has 0 spiro atoms. The van der Waals surface area contributed by atoms with Crippen LogP contribution in [0.5, 0.6) is 5.88 Å². The molecule has 0 saturated heterocycles. The Morgan fingerprint density at radius 1 is 1.30 bits per heavy atom. The number of carbonyl (C=O) groups excluding carboxylic acids is 1. The van der Waals surface area contributed by atoms with Crippen LogP contribution >= 0.6 is 0 Å². The lowest BCUT2D eigenvalue weighted by molar-refractivity contribution is 0.0530. The topological polar surface area (TPSA) is 85.4 Å². The monoisotopic (exact) mass is 282 g/mol. The molecule has 7 nitrogen and oxygen atoms in total. The van der Waals surface area contributed by atoms with Gasteiger partial charge in [0.1, 0.15) is 5.60 Å². The predicted octanol–water partition coefficient (Wildman–Crippen LogP) is 1.73. The maximum atomic E-state index is 11.4. The highest BCUT2D eigenvalue weighted by Crippen LogP contribution is 2.10. The number of carbonyl (C=O) groups is 1. The van der Waals surface area contributed by atoms with Crippen molar-refractivity contribution >= 4 is 12.0 Å². The van der Waals surface area contributed by atoms with Crippen LogP contribution < -0.4 is 15.4 Å². The Kier molecular flexibility index (Phi) is 5.54. The summed E-state index contributed by atoms with van der Waals surface area (Å²) in [7, 11) is 1.55. The summed E-state index contributed by atoms with van der Waals surface area (Å²) in [6.45, 7) is 8.21. The van der Waals surface area contributed by atoms with E-state index >= 15 is 0 Å². The van der Waals surface area contributed by atoms with Gasteiger partial charge in [-0.2, -0.15) is 4.98 Å². The van der Waals surface area contributed by atoms with Gasteiger partial charge >= 0.3 is 6.09 Å². The largest absolute Gasteiger partial charge is 0.481 e. The fraction of sp³-hybridized carbons (Fsp3) is 0.615. The Hall–Kier alpha value is -2.05. The zero-order chi connectivity index (χ0) is 15.2. The number of methoxy groups -OCH3 is 1. The third-order valence-corrected chi connectivity index (χ3v) is 2.12. The Morgan fingerprint density at radius 3 is 2.60 bits per heavy atom. The van der Waals surface area contributed by atoms with Crippen molar-refractivity contribution in [2.75, 3.05) is 25.5 Å². The third-order valence-electron chi connectivity index (χ3n) is 2.12. The van der Waals surface area contributed by atoms with Crippen molar-refractivity contribution in [1.29, 1.82) is 0 Å². The Balaban J connectivity index is 2.34. The van der Waals surface area contributed by atoms with Gasteiger partial charge in [0.2, 0.25) is 11.8 Å². The molecule has 1 heterocycles. The first-order valence-corrected chi connectivity index (χ1v) is 6.40. The van der Waals surface area contributed by atoms with Crippen LogP contribution in [-0.2, 0) is 4.74 Å². The molecule has 0 aliphatic carbocycles. The molecule has 0 saturated carbocycles. The SMILES string of the molecule is COc1cc(C)nc(NCCNC(=O)OC(C)(C)C)n1. The molecule has 0 bridgehead atoms. The van der Waals surface area contributed by atoms with E-state index in [1.165, 1.54) is 0 Å². The molecule has 1 amide bonds. The molecule has 0 aliphatic rings. The number of nitrogens with one attached hydrogen (secondary N) is 2. The van der Waals surface area contributed by atoms with E-state index in [4.69, 9.17) is 9.47 Å². The van der Waals surface area contributed by atoms with Gasteiger partial charge in [0.25, 0.3) is 0 Å². The molecular weight excluding hydrogens is 260 g/mol. The van der Waals surface area contributed by atoms with Crippen molar-refractivity contribution < 1.29 is 14.3 Å². The highest BCUT2D eigenvalue weighted by molar-refractivity contribution is 5.67. The van der Waals surface area contributed by atoms with Crippen molar-refractivity contribution in [2.45, 2.75) is 33.3 Å². The normalized spacial score (nSPS) is 10.8. The van der Waals surface area contributed by atoms with Gasteiger partial charge in [0, 0.05) is 24.8 Å². The highest BCUT2D eigenvalue weighted by Gasteiger charge is 2.15. The first kappa shape index (κ1) is 16.0. The van der Waals surface area contributed by atoms with Gasteiger partial charge in [-0.15, -0.1) is 0 Å². The minimum Gasteiger partial charge on any atom is -0.481 e. The minimum atomic E-state index is -0.496. The lowest BCUT2D eigenvalue weighted by Gasteiger charge is -2.19. The number of anilines is 1. The summed E-state index contributed by atoms with van der Waals surface area (Å²) >= 11 is 0. The van der Waals surface area contributed by atoms with Crippen molar-refractivity contribution in [3.8, 4) is 5.88 Å². The second-order valence-electron chi connectivity index (χ2n) is 5.23. The van der Waals surface area contributed by atoms with E-state index in [-0.39, 0.29) is 0 Å².